The number of rotatable bonds is 2. The van der Waals surface area contributed by atoms with E-state index in [1.165, 1.54) is 0 Å². The lowest BCUT2D eigenvalue weighted by Gasteiger charge is -2.13. The van der Waals surface area contributed by atoms with E-state index in [9.17, 15) is 26.3 Å². The molecule has 16 heavy (non-hydrogen) atoms. The summed E-state index contributed by atoms with van der Waals surface area (Å²) >= 11 is 5.17. The first-order valence-electron chi connectivity index (χ1n) is 3.87. The number of alkyl halides is 6. The molecule has 0 fully saturated rings. The van der Waals surface area contributed by atoms with Crippen LogP contribution < -0.4 is 0 Å². The Morgan fingerprint density at radius 3 is 2.25 bits per heavy atom. The molecule has 0 radical (unpaired) electrons. The zero-order valence-electron chi connectivity index (χ0n) is 7.45. The van der Waals surface area contributed by atoms with Crippen LogP contribution in [0, 0.1) is 5.82 Å². The maximum Gasteiger partial charge on any atom is 0.433 e. The van der Waals surface area contributed by atoms with Crippen LogP contribution in [-0.4, -0.2) is 4.98 Å². The zero-order valence-corrected chi connectivity index (χ0v) is 8.21. The van der Waals surface area contributed by atoms with Crippen LogP contribution in [0.25, 0.3) is 0 Å². The Hall–Kier alpha value is -0.980. The number of pyridine rings is 1. The lowest BCUT2D eigenvalue weighted by molar-refractivity contribution is -0.143. The predicted octanol–water partition coefficient (Wildman–Crippen LogP) is 3.92. The molecule has 0 aliphatic rings. The molecular weight excluding hydrogens is 260 g/mol. The molecule has 0 atom stereocenters. The number of hydrogen-bond acceptors (Lipinski definition) is 1. The molecule has 1 rings (SSSR count). The number of nitrogens with zero attached hydrogens (tertiary/aromatic N) is 1. The molecule has 0 aliphatic carbocycles. The minimum absolute atomic E-state index is 0.495. The van der Waals surface area contributed by atoms with Crippen molar-refractivity contribution in [2.45, 2.75) is 18.5 Å². The summed E-state index contributed by atoms with van der Waals surface area (Å²) in [5.74, 6) is -2.19. The van der Waals surface area contributed by atoms with Gasteiger partial charge in [0.05, 0.1) is 11.4 Å². The molecule has 0 unspecified atom stereocenters. The molecule has 1 heterocycles. The quantitative estimate of drug-likeness (QED) is 0.582. The van der Waals surface area contributed by atoms with E-state index in [-0.39, 0.29) is 0 Å². The lowest BCUT2D eigenvalue weighted by atomic mass is 10.1. The van der Waals surface area contributed by atoms with Crippen molar-refractivity contribution in [3.63, 3.8) is 0 Å². The number of aromatic nitrogens is 1. The van der Waals surface area contributed by atoms with Gasteiger partial charge >= 0.3 is 6.18 Å². The fourth-order valence-electron chi connectivity index (χ4n) is 1.06. The maximum atomic E-state index is 13.2. The molecule has 0 aromatic carbocycles. The van der Waals surface area contributed by atoms with Gasteiger partial charge in [-0.25, -0.2) is 13.2 Å². The molecule has 1 nitrogen and oxygen atoms in total. The summed E-state index contributed by atoms with van der Waals surface area (Å²) in [6, 6.07) is 0. The molecule has 1 aromatic heterocycles. The first kappa shape index (κ1) is 13.1. The van der Waals surface area contributed by atoms with E-state index in [4.69, 9.17) is 11.6 Å². The van der Waals surface area contributed by atoms with Crippen LogP contribution in [0.1, 0.15) is 23.2 Å². The van der Waals surface area contributed by atoms with Gasteiger partial charge in [-0.2, -0.15) is 13.2 Å². The van der Waals surface area contributed by atoms with Gasteiger partial charge in [0.1, 0.15) is 5.82 Å². The monoisotopic (exact) mass is 263 g/mol. The lowest BCUT2D eigenvalue weighted by Crippen LogP contribution is -2.15. The average Bonchev–Trinajstić information content (AvgIpc) is 2.15. The minimum Gasteiger partial charge on any atom is -0.251 e. The van der Waals surface area contributed by atoms with Crippen molar-refractivity contribution < 1.29 is 26.3 Å². The number of halogens is 7. The summed E-state index contributed by atoms with van der Waals surface area (Å²) in [4.78, 5) is 2.77. The second-order valence-electron chi connectivity index (χ2n) is 2.79. The Morgan fingerprint density at radius 2 is 1.88 bits per heavy atom. The van der Waals surface area contributed by atoms with Crippen LogP contribution in [0.3, 0.4) is 0 Å². The molecule has 0 aliphatic heterocycles. The van der Waals surface area contributed by atoms with Gasteiger partial charge in [-0.3, -0.25) is 4.98 Å². The summed E-state index contributed by atoms with van der Waals surface area (Å²) in [6.45, 7) is 0. The van der Waals surface area contributed by atoms with Crippen molar-refractivity contribution >= 4 is 11.6 Å². The fraction of sp³-hybridized carbons (Fsp3) is 0.375. The van der Waals surface area contributed by atoms with Crippen molar-refractivity contribution in [3.8, 4) is 0 Å². The van der Waals surface area contributed by atoms with Crippen LogP contribution in [-0.2, 0) is 12.1 Å². The van der Waals surface area contributed by atoms with Gasteiger partial charge in [-0.1, -0.05) is 0 Å². The van der Waals surface area contributed by atoms with E-state index >= 15 is 0 Å². The van der Waals surface area contributed by atoms with Crippen LogP contribution in [0.4, 0.5) is 26.3 Å². The normalized spacial score (nSPS) is 12.2. The third-order valence-corrected chi connectivity index (χ3v) is 2.04. The number of hydrogen-bond donors (Lipinski definition) is 0. The van der Waals surface area contributed by atoms with Gasteiger partial charge in [-0.15, -0.1) is 11.6 Å². The molecule has 90 valence electrons. The largest absolute Gasteiger partial charge is 0.433 e. The van der Waals surface area contributed by atoms with Crippen molar-refractivity contribution in [1.82, 2.24) is 4.98 Å². The van der Waals surface area contributed by atoms with Gasteiger partial charge < -0.3 is 0 Å². The fourth-order valence-corrected chi connectivity index (χ4v) is 1.25. The van der Waals surface area contributed by atoms with Crippen molar-refractivity contribution in [1.29, 1.82) is 0 Å². The van der Waals surface area contributed by atoms with Crippen molar-refractivity contribution in [2.24, 2.45) is 0 Å². The molecule has 0 bridgehead atoms. The molecule has 1 aromatic rings. The molecule has 0 N–H and O–H groups in total. The average molecular weight is 264 g/mol. The van der Waals surface area contributed by atoms with E-state index in [0.29, 0.717) is 6.20 Å². The Bertz CT molecular complexity index is 389. The summed E-state index contributed by atoms with van der Waals surface area (Å²) in [7, 11) is 0. The molecule has 0 saturated heterocycles. The summed E-state index contributed by atoms with van der Waals surface area (Å²) in [5.41, 5.74) is -4.18. The zero-order chi connectivity index (χ0) is 12.5. The van der Waals surface area contributed by atoms with Crippen LogP contribution in [0.2, 0.25) is 0 Å². The van der Waals surface area contributed by atoms with E-state index in [0.717, 1.165) is 0 Å². The summed E-state index contributed by atoms with van der Waals surface area (Å²) in [6.07, 6.45) is -8.23. The SMILES string of the molecule is Fc1c(CCl)cnc(C(F)(F)F)c1C(F)F. The third-order valence-electron chi connectivity index (χ3n) is 1.75. The van der Waals surface area contributed by atoms with E-state index in [1.807, 2.05) is 0 Å². The Labute approximate surface area is 91.0 Å². The first-order valence-corrected chi connectivity index (χ1v) is 4.41. The molecule has 0 saturated carbocycles. The predicted molar refractivity (Wildman–Crippen MR) is 43.7 cm³/mol. The Morgan fingerprint density at radius 1 is 1.31 bits per heavy atom. The Kier molecular flexibility index (Phi) is 3.67. The maximum absolute atomic E-state index is 13.2. The van der Waals surface area contributed by atoms with Crippen LogP contribution >= 0.6 is 11.6 Å². The highest BCUT2D eigenvalue weighted by atomic mass is 35.5. The van der Waals surface area contributed by atoms with Crippen molar-refractivity contribution in [2.75, 3.05) is 0 Å². The molecule has 8 heteroatoms. The molecule has 0 amide bonds. The molecular formula is C8H4ClF6N. The topological polar surface area (TPSA) is 12.9 Å². The van der Waals surface area contributed by atoms with E-state index in [2.05, 4.69) is 4.98 Å². The highest BCUT2D eigenvalue weighted by molar-refractivity contribution is 6.17. The smallest absolute Gasteiger partial charge is 0.251 e. The van der Waals surface area contributed by atoms with Crippen LogP contribution in [0.15, 0.2) is 6.20 Å². The van der Waals surface area contributed by atoms with Gasteiger partial charge in [-0.05, 0) is 0 Å². The third kappa shape index (κ3) is 2.40. The van der Waals surface area contributed by atoms with E-state index in [1.54, 1.807) is 0 Å². The van der Waals surface area contributed by atoms with E-state index < -0.39 is 41.1 Å². The standard InChI is InChI=1S/C8H4ClF6N/c9-1-3-2-16-6(8(13,14)15)4(5(3)10)7(11)12/h2,7H,1H2. The second-order valence-corrected chi connectivity index (χ2v) is 3.06. The summed E-state index contributed by atoms with van der Waals surface area (Å²) in [5, 5.41) is 0. The van der Waals surface area contributed by atoms with Gasteiger partial charge in [0.25, 0.3) is 6.43 Å². The summed E-state index contributed by atoms with van der Waals surface area (Å²) < 4.78 is 74.5. The Balaban J connectivity index is 3.47. The highest BCUT2D eigenvalue weighted by Gasteiger charge is 2.39. The van der Waals surface area contributed by atoms with Gasteiger partial charge in [0, 0.05) is 11.8 Å². The van der Waals surface area contributed by atoms with Crippen LogP contribution in [0.5, 0.6) is 0 Å². The van der Waals surface area contributed by atoms with Gasteiger partial charge in [0.15, 0.2) is 5.69 Å². The molecule has 0 spiro atoms. The first-order chi connectivity index (χ1) is 7.29. The minimum atomic E-state index is -5.13. The van der Waals surface area contributed by atoms with Gasteiger partial charge in [0.2, 0.25) is 0 Å². The second kappa shape index (κ2) is 4.48. The highest BCUT2D eigenvalue weighted by Crippen LogP contribution is 2.37. The van der Waals surface area contributed by atoms with Crippen molar-refractivity contribution in [3.05, 3.63) is 28.8 Å².